The Morgan fingerprint density at radius 2 is 2.37 bits per heavy atom. The van der Waals surface area contributed by atoms with Gasteiger partial charge < -0.3 is 10.6 Å². The first-order valence-corrected chi connectivity index (χ1v) is 6.88. The summed E-state index contributed by atoms with van der Waals surface area (Å²) in [6, 6.07) is 0.345. The summed E-state index contributed by atoms with van der Waals surface area (Å²) in [6.45, 7) is 2.53. The minimum Gasteiger partial charge on any atom is -0.350 e. The molecule has 1 unspecified atom stereocenters. The third kappa shape index (κ3) is 2.84. The average Bonchev–Trinajstić information content (AvgIpc) is 2.84. The lowest BCUT2D eigenvalue weighted by molar-refractivity contribution is 0.0941. The van der Waals surface area contributed by atoms with E-state index < -0.39 is 0 Å². The Kier molecular flexibility index (Phi) is 3.59. The topological polar surface area (TPSA) is 71.8 Å². The maximum atomic E-state index is 12.0. The molecule has 1 amide bonds. The van der Waals surface area contributed by atoms with Crippen molar-refractivity contribution in [3.63, 3.8) is 0 Å². The van der Waals surface area contributed by atoms with Crippen molar-refractivity contribution in [1.29, 1.82) is 0 Å². The van der Waals surface area contributed by atoms with Crippen molar-refractivity contribution in [1.82, 2.24) is 25.6 Å². The molecule has 1 aromatic heterocycles. The van der Waals surface area contributed by atoms with Crippen LogP contribution in [0.4, 0.5) is 0 Å². The highest BCUT2D eigenvalue weighted by molar-refractivity contribution is 5.91. The molecule has 2 aliphatic rings. The fourth-order valence-corrected chi connectivity index (χ4v) is 2.39. The summed E-state index contributed by atoms with van der Waals surface area (Å²) in [4.78, 5) is 12.0. The van der Waals surface area contributed by atoms with Crippen molar-refractivity contribution in [2.24, 2.45) is 5.92 Å². The fraction of sp³-hybridized carbons (Fsp3) is 0.615. The minimum atomic E-state index is -0.118. The molecule has 1 aliphatic heterocycles. The lowest BCUT2D eigenvalue weighted by Crippen LogP contribution is -2.43. The molecule has 0 saturated carbocycles. The molecule has 1 fully saturated rings. The van der Waals surface area contributed by atoms with Crippen LogP contribution >= 0.6 is 0 Å². The highest BCUT2D eigenvalue weighted by Crippen LogP contribution is 2.17. The van der Waals surface area contributed by atoms with Gasteiger partial charge >= 0.3 is 0 Å². The van der Waals surface area contributed by atoms with Crippen molar-refractivity contribution >= 4 is 5.91 Å². The zero-order valence-corrected chi connectivity index (χ0v) is 10.9. The van der Waals surface area contributed by atoms with Gasteiger partial charge in [0.05, 0.1) is 12.2 Å². The molecule has 1 saturated heterocycles. The Morgan fingerprint density at radius 3 is 3.05 bits per heavy atom. The van der Waals surface area contributed by atoms with E-state index in [1.807, 2.05) is 0 Å². The van der Waals surface area contributed by atoms with Crippen molar-refractivity contribution in [2.45, 2.75) is 25.3 Å². The number of amides is 1. The van der Waals surface area contributed by atoms with Crippen LogP contribution in [0.5, 0.6) is 0 Å². The lowest BCUT2D eigenvalue weighted by Gasteiger charge is -2.26. The Morgan fingerprint density at radius 1 is 1.47 bits per heavy atom. The summed E-state index contributed by atoms with van der Waals surface area (Å²) in [5.74, 6) is 0.438. The van der Waals surface area contributed by atoms with Crippen LogP contribution in [0.15, 0.2) is 18.3 Å². The molecule has 1 aliphatic carbocycles. The second-order valence-corrected chi connectivity index (χ2v) is 5.26. The average molecular weight is 261 g/mol. The summed E-state index contributed by atoms with van der Waals surface area (Å²) in [5, 5.41) is 14.1. The summed E-state index contributed by atoms with van der Waals surface area (Å²) < 4.78 is 1.77. The van der Waals surface area contributed by atoms with Crippen LogP contribution in [0, 0.1) is 5.92 Å². The van der Waals surface area contributed by atoms with E-state index in [4.69, 9.17) is 0 Å². The smallest absolute Gasteiger partial charge is 0.273 e. The molecule has 19 heavy (non-hydrogen) atoms. The van der Waals surface area contributed by atoms with Crippen molar-refractivity contribution in [3.8, 4) is 0 Å². The van der Waals surface area contributed by atoms with Crippen molar-refractivity contribution in [2.75, 3.05) is 19.6 Å². The van der Waals surface area contributed by atoms with Crippen LogP contribution in [0.2, 0.25) is 0 Å². The number of allylic oxidation sites excluding steroid dienone is 2. The highest BCUT2D eigenvalue weighted by Gasteiger charge is 2.22. The number of carbonyl (C=O) groups excluding carboxylic acids is 1. The van der Waals surface area contributed by atoms with Crippen LogP contribution in [0.25, 0.3) is 0 Å². The second-order valence-electron chi connectivity index (χ2n) is 5.26. The van der Waals surface area contributed by atoms with Gasteiger partial charge in [0, 0.05) is 19.6 Å². The Labute approximate surface area is 112 Å². The van der Waals surface area contributed by atoms with Gasteiger partial charge in [0.25, 0.3) is 5.91 Å². The zero-order valence-electron chi connectivity index (χ0n) is 10.9. The molecule has 0 radical (unpaired) electrons. The third-order valence-corrected chi connectivity index (χ3v) is 3.81. The molecule has 3 rings (SSSR count). The van der Waals surface area contributed by atoms with E-state index in [-0.39, 0.29) is 5.91 Å². The summed E-state index contributed by atoms with van der Waals surface area (Å²) in [7, 11) is 0. The normalized spacial score (nSPS) is 23.1. The molecule has 1 atom stereocenters. The summed E-state index contributed by atoms with van der Waals surface area (Å²) in [5.41, 5.74) is 0.415. The van der Waals surface area contributed by atoms with Crippen LogP contribution in [0.1, 0.15) is 35.8 Å². The van der Waals surface area contributed by atoms with Gasteiger partial charge in [-0.05, 0) is 25.2 Å². The van der Waals surface area contributed by atoms with Crippen LogP contribution in [-0.2, 0) is 0 Å². The number of carbonyl (C=O) groups is 1. The van der Waals surface area contributed by atoms with E-state index in [0.717, 1.165) is 38.9 Å². The van der Waals surface area contributed by atoms with E-state index in [9.17, 15) is 4.79 Å². The molecule has 102 valence electrons. The molecular weight excluding hydrogens is 242 g/mol. The maximum Gasteiger partial charge on any atom is 0.273 e. The van der Waals surface area contributed by atoms with Crippen LogP contribution in [-0.4, -0.2) is 40.5 Å². The largest absolute Gasteiger partial charge is 0.350 e. The Balaban J connectivity index is 1.51. The monoisotopic (exact) mass is 261 g/mol. The van der Waals surface area contributed by atoms with Gasteiger partial charge in [-0.15, -0.1) is 5.10 Å². The van der Waals surface area contributed by atoms with Gasteiger partial charge in [-0.2, -0.15) is 0 Å². The highest BCUT2D eigenvalue weighted by atomic mass is 16.2. The van der Waals surface area contributed by atoms with Crippen molar-refractivity contribution in [3.05, 3.63) is 24.0 Å². The lowest BCUT2D eigenvalue weighted by atomic mass is 9.94. The number of hydrogen-bond donors (Lipinski definition) is 2. The number of hydrogen-bond acceptors (Lipinski definition) is 4. The van der Waals surface area contributed by atoms with E-state index >= 15 is 0 Å². The molecule has 6 nitrogen and oxygen atoms in total. The van der Waals surface area contributed by atoms with Gasteiger partial charge in [-0.3, -0.25) is 4.79 Å². The molecule has 0 aromatic carbocycles. The molecule has 2 N–H and O–H groups in total. The predicted octanol–water partition coefficient (Wildman–Crippen LogP) is 0.508. The van der Waals surface area contributed by atoms with Gasteiger partial charge in [-0.1, -0.05) is 17.4 Å². The number of rotatable bonds is 4. The first kappa shape index (κ1) is 12.3. The molecule has 1 aromatic rings. The molecule has 2 heterocycles. The number of nitrogens with zero attached hydrogens (tertiary/aromatic N) is 3. The number of aromatic nitrogens is 3. The van der Waals surface area contributed by atoms with Crippen LogP contribution in [0.3, 0.4) is 0 Å². The van der Waals surface area contributed by atoms with E-state index in [0.29, 0.717) is 17.7 Å². The zero-order chi connectivity index (χ0) is 13.1. The van der Waals surface area contributed by atoms with E-state index in [2.05, 4.69) is 33.1 Å². The summed E-state index contributed by atoms with van der Waals surface area (Å²) in [6.07, 6.45) is 9.46. The van der Waals surface area contributed by atoms with Gasteiger partial charge in [0.1, 0.15) is 0 Å². The molecular formula is C13H19N5O. The molecule has 0 bridgehead atoms. The first-order chi connectivity index (χ1) is 9.33. The SMILES string of the molecule is O=C(NCC1CC=CCC1)c1cn(C2CNC2)nn1. The number of nitrogens with one attached hydrogen (secondary N) is 2. The quantitative estimate of drug-likeness (QED) is 0.775. The molecule has 6 heteroatoms. The van der Waals surface area contributed by atoms with E-state index in [1.165, 1.54) is 0 Å². The van der Waals surface area contributed by atoms with E-state index in [1.54, 1.807) is 10.9 Å². The fourth-order valence-electron chi connectivity index (χ4n) is 2.39. The standard InChI is InChI=1S/C13H19N5O/c19-13(15-6-10-4-2-1-3-5-10)12-9-18(17-16-12)11-7-14-8-11/h1-2,9-11,14H,3-8H2,(H,15,19). The van der Waals surface area contributed by atoms with Gasteiger partial charge in [0.2, 0.25) is 0 Å². The predicted molar refractivity (Wildman–Crippen MR) is 70.7 cm³/mol. The maximum absolute atomic E-state index is 12.0. The first-order valence-electron chi connectivity index (χ1n) is 6.88. The van der Waals surface area contributed by atoms with Gasteiger partial charge in [0.15, 0.2) is 5.69 Å². The Hall–Kier alpha value is -1.69. The third-order valence-electron chi connectivity index (χ3n) is 3.81. The Bertz CT molecular complexity index is 477. The van der Waals surface area contributed by atoms with Gasteiger partial charge in [-0.25, -0.2) is 4.68 Å². The van der Waals surface area contributed by atoms with Crippen LogP contribution < -0.4 is 10.6 Å². The molecule has 0 spiro atoms. The minimum absolute atomic E-state index is 0.118. The second kappa shape index (κ2) is 5.52. The van der Waals surface area contributed by atoms with Crippen molar-refractivity contribution < 1.29 is 4.79 Å². The summed E-state index contributed by atoms with van der Waals surface area (Å²) >= 11 is 0.